The number of amides is 4. The van der Waals surface area contributed by atoms with Crippen LogP contribution in [0.5, 0.6) is 0 Å². The molecule has 0 bridgehead atoms. The van der Waals surface area contributed by atoms with Crippen molar-refractivity contribution < 1.29 is 38.4 Å². The summed E-state index contributed by atoms with van der Waals surface area (Å²) in [7, 11) is 0. The molecule has 0 spiro atoms. The summed E-state index contributed by atoms with van der Waals surface area (Å²) in [5.74, 6) is -4.89. The standard InChI is InChI=1S/C12H10Br2N2O8/c13-9(11(21)23-15-5(17)1-2-6(15)18)10(14)12(22)24-16-7(19)3-4-8(16)20/h9-10H,1-4H2. The average Bonchev–Trinajstić information content (AvgIpc) is 3.03. The highest BCUT2D eigenvalue weighted by molar-refractivity contribution is 9.12. The van der Waals surface area contributed by atoms with Crippen LogP contribution in [0, 0.1) is 0 Å². The molecule has 12 heteroatoms. The minimum absolute atomic E-state index is 0.0714. The Morgan fingerprint density at radius 2 is 0.958 bits per heavy atom. The van der Waals surface area contributed by atoms with Crippen molar-refractivity contribution >= 4 is 67.4 Å². The normalized spacial score (nSPS) is 20.4. The first-order valence-electron chi connectivity index (χ1n) is 6.65. The topological polar surface area (TPSA) is 127 Å². The molecular formula is C12H10Br2N2O8. The van der Waals surface area contributed by atoms with Crippen molar-refractivity contribution in [1.82, 2.24) is 10.1 Å². The first-order chi connectivity index (χ1) is 11.2. The fraction of sp³-hybridized carbons (Fsp3) is 0.500. The zero-order chi connectivity index (χ0) is 18.0. The fourth-order valence-corrected chi connectivity index (χ4v) is 2.43. The SMILES string of the molecule is O=C(ON1C(=O)CCC1=O)C(Br)C(Br)C(=O)ON1C(=O)CCC1=O. The Labute approximate surface area is 151 Å². The minimum Gasteiger partial charge on any atom is -0.329 e. The summed E-state index contributed by atoms with van der Waals surface area (Å²) in [6.45, 7) is 0. The van der Waals surface area contributed by atoms with Crippen LogP contribution in [0.4, 0.5) is 0 Å². The van der Waals surface area contributed by atoms with E-state index in [-0.39, 0.29) is 25.7 Å². The number of carbonyl (C=O) groups excluding carboxylic acids is 6. The van der Waals surface area contributed by atoms with Gasteiger partial charge in [-0.2, -0.15) is 0 Å². The molecule has 0 radical (unpaired) electrons. The number of hydrogen-bond acceptors (Lipinski definition) is 8. The second kappa shape index (κ2) is 7.38. The van der Waals surface area contributed by atoms with E-state index in [1.807, 2.05) is 0 Å². The van der Waals surface area contributed by atoms with Gasteiger partial charge in [0.2, 0.25) is 0 Å². The maximum atomic E-state index is 11.9. The van der Waals surface area contributed by atoms with Crippen LogP contribution >= 0.6 is 31.9 Å². The zero-order valence-electron chi connectivity index (χ0n) is 11.9. The molecule has 2 aliphatic heterocycles. The number of hydroxylamine groups is 4. The first-order valence-corrected chi connectivity index (χ1v) is 8.49. The van der Waals surface area contributed by atoms with Crippen LogP contribution in [-0.4, -0.2) is 55.3 Å². The molecule has 2 atom stereocenters. The minimum atomic E-state index is -1.33. The third-order valence-electron chi connectivity index (χ3n) is 3.08. The molecule has 130 valence electrons. The number of halogens is 2. The number of hydrogen-bond donors (Lipinski definition) is 0. The van der Waals surface area contributed by atoms with Gasteiger partial charge in [0.1, 0.15) is 9.65 Å². The van der Waals surface area contributed by atoms with Crippen molar-refractivity contribution in [3.05, 3.63) is 0 Å². The van der Waals surface area contributed by atoms with Gasteiger partial charge >= 0.3 is 11.9 Å². The van der Waals surface area contributed by atoms with Crippen molar-refractivity contribution in [2.75, 3.05) is 0 Å². The highest BCUT2D eigenvalue weighted by atomic mass is 79.9. The van der Waals surface area contributed by atoms with Crippen LogP contribution in [0.15, 0.2) is 0 Å². The van der Waals surface area contributed by atoms with Gasteiger partial charge in [0.15, 0.2) is 0 Å². The molecule has 2 unspecified atom stereocenters. The molecule has 4 amide bonds. The predicted octanol–water partition coefficient (Wildman–Crippen LogP) is -0.272. The van der Waals surface area contributed by atoms with Gasteiger partial charge in [-0.05, 0) is 0 Å². The molecule has 0 aliphatic carbocycles. The van der Waals surface area contributed by atoms with E-state index in [1.165, 1.54) is 0 Å². The molecule has 2 rings (SSSR count). The predicted molar refractivity (Wildman–Crippen MR) is 79.8 cm³/mol. The number of rotatable bonds is 5. The molecule has 0 N–H and O–H groups in total. The van der Waals surface area contributed by atoms with Gasteiger partial charge in [-0.15, -0.1) is 10.1 Å². The lowest BCUT2D eigenvalue weighted by molar-refractivity contribution is -0.200. The van der Waals surface area contributed by atoms with E-state index in [9.17, 15) is 28.8 Å². The van der Waals surface area contributed by atoms with Gasteiger partial charge < -0.3 is 9.68 Å². The van der Waals surface area contributed by atoms with Crippen LogP contribution in [-0.2, 0) is 38.4 Å². The fourth-order valence-electron chi connectivity index (χ4n) is 1.84. The van der Waals surface area contributed by atoms with Crippen LogP contribution in [0.3, 0.4) is 0 Å². The molecule has 0 aromatic heterocycles. The Bertz CT molecular complexity index is 551. The quantitative estimate of drug-likeness (QED) is 0.397. The van der Waals surface area contributed by atoms with Crippen LogP contribution in [0.25, 0.3) is 0 Å². The van der Waals surface area contributed by atoms with E-state index in [2.05, 4.69) is 41.5 Å². The maximum absolute atomic E-state index is 11.9. The van der Waals surface area contributed by atoms with E-state index in [0.717, 1.165) is 0 Å². The number of imide groups is 2. The van der Waals surface area contributed by atoms with Gasteiger partial charge in [0.25, 0.3) is 23.6 Å². The average molecular weight is 470 g/mol. The van der Waals surface area contributed by atoms with E-state index in [4.69, 9.17) is 0 Å². The molecule has 0 saturated carbocycles. The van der Waals surface area contributed by atoms with Gasteiger partial charge in [0.05, 0.1) is 0 Å². The lowest BCUT2D eigenvalue weighted by Crippen LogP contribution is -2.42. The Hall–Kier alpha value is -1.82. The smallest absolute Gasteiger partial charge is 0.329 e. The van der Waals surface area contributed by atoms with E-state index in [0.29, 0.717) is 10.1 Å². The van der Waals surface area contributed by atoms with Crippen molar-refractivity contribution in [2.45, 2.75) is 35.3 Å². The lowest BCUT2D eigenvalue weighted by Gasteiger charge is -2.19. The Morgan fingerprint density at radius 1 is 0.708 bits per heavy atom. The van der Waals surface area contributed by atoms with Gasteiger partial charge in [0, 0.05) is 25.7 Å². The van der Waals surface area contributed by atoms with Crippen LogP contribution < -0.4 is 0 Å². The van der Waals surface area contributed by atoms with Gasteiger partial charge in [-0.1, -0.05) is 31.9 Å². The molecule has 2 fully saturated rings. The number of nitrogens with zero attached hydrogens (tertiary/aromatic N) is 2. The Kier molecular flexibility index (Phi) is 5.70. The Morgan fingerprint density at radius 3 is 1.21 bits per heavy atom. The summed E-state index contributed by atoms with van der Waals surface area (Å²) in [6, 6.07) is 0. The summed E-state index contributed by atoms with van der Waals surface area (Å²) in [5.41, 5.74) is 0. The largest absolute Gasteiger partial charge is 0.348 e. The van der Waals surface area contributed by atoms with Gasteiger partial charge in [-0.25, -0.2) is 9.59 Å². The van der Waals surface area contributed by atoms with Crippen LogP contribution in [0.1, 0.15) is 25.7 Å². The molecule has 0 aromatic carbocycles. The van der Waals surface area contributed by atoms with Crippen molar-refractivity contribution in [2.24, 2.45) is 0 Å². The Balaban J connectivity index is 1.94. The summed E-state index contributed by atoms with van der Waals surface area (Å²) in [5, 5.41) is 0.657. The summed E-state index contributed by atoms with van der Waals surface area (Å²) in [4.78, 5) is 75.9. The van der Waals surface area contributed by atoms with Crippen molar-refractivity contribution in [3.8, 4) is 0 Å². The molecule has 2 heterocycles. The maximum Gasteiger partial charge on any atom is 0.348 e. The summed E-state index contributed by atoms with van der Waals surface area (Å²) in [6.07, 6.45) is -0.286. The molecule has 2 saturated heterocycles. The third kappa shape index (κ3) is 3.80. The highest BCUT2D eigenvalue weighted by Crippen LogP contribution is 2.22. The second-order valence-corrected chi connectivity index (χ2v) is 6.76. The highest BCUT2D eigenvalue weighted by Gasteiger charge is 2.40. The second-order valence-electron chi connectivity index (χ2n) is 4.79. The van der Waals surface area contributed by atoms with Gasteiger partial charge in [-0.3, -0.25) is 19.2 Å². The lowest BCUT2D eigenvalue weighted by atomic mass is 10.3. The van der Waals surface area contributed by atoms with E-state index >= 15 is 0 Å². The molecule has 2 aliphatic rings. The molecule has 0 aromatic rings. The summed E-state index contributed by atoms with van der Waals surface area (Å²) < 4.78 is 0. The van der Waals surface area contributed by atoms with Crippen molar-refractivity contribution in [3.63, 3.8) is 0 Å². The zero-order valence-corrected chi connectivity index (χ0v) is 15.1. The molecular weight excluding hydrogens is 460 g/mol. The van der Waals surface area contributed by atoms with E-state index in [1.54, 1.807) is 0 Å². The first kappa shape index (κ1) is 18.5. The molecule has 24 heavy (non-hydrogen) atoms. The number of carbonyl (C=O) groups is 6. The summed E-state index contributed by atoms with van der Waals surface area (Å²) >= 11 is 5.75. The number of alkyl halides is 2. The molecule has 10 nitrogen and oxygen atoms in total. The van der Waals surface area contributed by atoms with Crippen LogP contribution in [0.2, 0.25) is 0 Å². The van der Waals surface area contributed by atoms with Crippen molar-refractivity contribution in [1.29, 1.82) is 0 Å². The third-order valence-corrected chi connectivity index (χ3v) is 5.60. The van der Waals surface area contributed by atoms with E-state index < -0.39 is 45.2 Å². The monoisotopic (exact) mass is 468 g/mol.